The molecule has 0 aliphatic heterocycles. The summed E-state index contributed by atoms with van der Waals surface area (Å²) in [6.45, 7) is 0. The van der Waals surface area contributed by atoms with Crippen molar-refractivity contribution in [2.75, 3.05) is 5.32 Å². The third-order valence-corrected chi connectivity index (χ3v) is 3.57. The van der Waals surface area contributed by atoms with E-state index in [0.717, 1.165) is 4.47 Å². The minimum absolute atomic E-state index is 0.174. The summed E-state index contributed by atoms with van der Waals surface area (Å²) < 4.78 is 1.59. The number of rotatable bonds is 3. The monoisotopic (exact) mass is 398 g/mol. The molecule has 0 spiro atoms. The van der Waals surface area contributed by atoms with Gasteiger partial charge >= 0.3 is 5.97 Å². The molecule has 0 fully saturated rings. The summed E-state index contributed by atoms with van der Waals surface area (Å²) >= 11 is 6.65. The number of benzene rings is 1. The van der Waals surface area contributed by atoms with Gasteiger partial charge in [0, 0.05) is 20.7 Å². The second kappa shape index (κ2) is 6.15. The van der Waals surface area contributed by atoms with Crippen molar-refractivity contribution in [3.05, 3.63) is 56.7 Å². The van der Waals surface area contributed by atoms with Gasteiger partial charge in [-0.1, -0.05) is 15.9 Å². The Labute approximate surface area is 131 Å². The van der Waals surface area contributed by atoms with Gasteiger partial charge in [0.15, 0.2) is 0 Å². The Hall–Kier alpha value is -1.73. The first-order chi connectivity index (χ1) is 9.47. The van der Waals surface area contributed by atoms with Crippen LogP contribution in [0.15, 0.2) is 45.5 Å². The van der Waals surface area contributed by atoms with Gasteiger partial charge in [0.1, 0.15) is 5.69 Å². The summed E-state index contributed by atoms with van der Waals surface area (Å²) in [6.07, 6.45) is 1.29. The van der Waals surface area contributed by atoms with Gasteiger partial charge in [-0.05, 0) is 46.3 Å². The van der Waals surface area contributed by atoms with Crippen LogP contribution in [0.4, 0.5) is 5.69 Å². The molecule has 20 heavy (non-hydrogen) atoms. The lowest BCUT2D eigenvalue weighted by Gasteiger charge is -2.08. The number of amides is 1. The number of carbonyl (C=O) groups is 2. The fourth-order valence-corrected chi connectivity index (χ4v) is 2.62. The highest BCUT2D eigenvalue weighted by Gasteiger charge is 2.12. The minimum Gasteiger partial charge on any atom is -0.477 e. The van der Waals surface area contributed by atoms with Crippen molar-refractivity contribution in [1.29, 1.82) is 0 Å². The quantitative estimate of drug-likeness (QED) is 0.826. The number of hydrogen-bond donors (Lipinski definition) is 2. The first-order valence-electron chi connectivity index (χ1n) is 5.43. The van der Waals surface area contributed by atoms with E-state index in [9.17, 15) is 9.59 Å². The number of carboxylic acid groups (broad SMARTS) is 1. The maximum absolute atomic E-state index is 12.1. The van der Waals surface area contributed by atoms with Crippen LogP contribution in [-0.2, 0) is 0 Å². The van der Waals surface area contributed by atoms with Crippen LogP contribution in [0.2, 0.25) is 0 Å². The maximum Gasteiger partial charge on any atom is 0.354 e. The molecule has 0 aliphatic carbocycles. The summed E-state index contributed by atoms with van der Waals surface area (Å²) in [6, 6.07) is 7.99. The second-order valence-electron chi connectivity index (χ2n) is 3.81. The van der Waals surface area contributed by atoms with E-state index in [1.165, 1.54) is 18.3 Å². The number of anilines is 1. The van der Waals surface area contributed by atoms with Crippen LogP contribution in [0.1, 0.15) is 20.8 Å². The van der Waals surface area contributed by atoms with Gasteiger partial charge in [0.25, 0.3) is 5.91 Å². The van der Waals surface area contributed by atoms with E-state index in [2.05, 4.69) is 42.2 Å². The van der Waals surface area contributed by atoms with Crippen LogP contribution in [0.5, 0.6) is 0 Å². The summed E-state index contributed by atoms with van der Waals surface area (Å²) in [5.74, 6) is -1.58. The molecule has 1 amide bonds. The Kier molecular flexibility index (Phi) is 4.51. The lowest BCUT2D eigenvalue weighted by molar-refractivity contribution is 0.0690. The molecule has 2 aromatic rings. The molecule has 1 heterocycles. The molecule has 1 aromatic heterocycles. The molecule has 1 aromatic carbocycles. The van der Waals surface area contributed by atoms with Gasteiger partial charge in [-0.3, -0.25) is 4.79 Å². The first kappa shape index (κ1) is 14.7. The smallest absolute Gasteiger partial charge is 0.354 e. The largest absolute Gasteiger partial charge is 0.477 e. The van der Waals surface area contributed by atoms with Crippen LogP contribution in [0.3, 0.4) is 0 Å². The van der Waals surface area contributed by atoms with Crippen LogP contribution in [-0.4, -0.2) is 22.0 Å². The molecular formula is C13H8Br2N2O3. The topological polar surface area (TPSA) is 79.3 Å². The highest BCUT2D eigenvalue weighted by Crippen LogP contribution is 2.26. The van der Waals surface area contributed by atoms with E-state index >= 15 is 0 Å². The second-order valence-corrected chi connectivity index (χ2v) is 5.58. The van der Waals surface area contributed by atoms with E-state index < -0.39 is 11.9 Å². The Morgan fingerprint density at radius 1 is 1.15 bits per heavy atom. The molecule has 2 rings (SSSR count). The molecule has 0 unspecified atom stereocenters. The lowest BCUT2D eigenvalue weighted by atomic mass is 10.2. The predicted octanol–water partition coefficient (Wildman–Crippen LogP) is 3.56. The average Bonchev–Trinajstić information content (AvgIpc) is 2.42. The van der Waals surface area contributed by atoms with Crippen molar-refractivity contribution in [3.63, 3.8) is 0 Å². The zero-order valence-electron chi connectivity index (χ0n) is 9.93. The van der Waals surface area contributed by atoms with Crippen molar-refractivity contribution in [2.45, 2.75) is 0 Å². The van der Waals surface area contributed by atoms with Crippen molar-refractivity contribution in [2.24, 2.45) is 0 Å². The van der Waals surface area contributed by atoms with Gasteiger partial charge in [0.05, 0.1) is 5.69 Å². The van der Waals surface area contributed by atoms with Crippen molar-refractivity contribution < 1.29 is 14.7 Å². The van der Waals surface area contributed by atoms with Crippen LogP contribution in [0.25, 0.3) is 0 Å². The average molecular weight is 400 g/mol. The summed E-state index contributed by atoms with van der Waals surface area (Å²) in [7, 11) is 0. The van der Waals surface area contributed by atoms with Gasteiger partial charge in [0.2, 0.25) is 0 Å². The molecule has 0 saturated carbocycles. The molecule has 5 nitrogen and oxygen atoms in total. The van der Waals surface area contributed by atoms with E-state index in [1.54, 1.807) is 18.2 Å². The van der Waals surface area contributed by atoms with Gasteiger partial charge in [-0.25, -0.2) is 9.78 Å². The fourth-order valence-electron chi connectivity index (χ4n) is 1.47. The fraction of sp³-hybridized carbons (Fsp3) is 0. The summed E-state index contributed by atoms with van der Waals surface area (Å²) in [5.41, 5.74) is 0.645. The Morgan fingerprint density at radius 2 is 1.90 bits per heavy atom. The minimum atomic E-state index is -1.18. The van der Waals surface area contributed by atoms with E-state index in [-0.39, 0.29) is 11.3 Å². The number of halogens is 2. The highest BCUT2D eigenvalue weighted by molar-refractivity contribution is 9.11. The maximum atomic E-state index is 12.1. The molecule has 0 saturated heterocycles. The standard InChI is InChI=1S/C13H8Br2N2O3/c14-8-1-2-10(9(15)6-8)17-12(18)7-3-4-16-11(5-7)13(19)20/h1-6H,(H,17,18)(H,19,20). The SMILES string of the molecule is O=C(Nc1ccc(Br)cc1Br)c1ccnc(C(=O)O)c1. The number of nitrogens with zero attached hydrogens (tertiary/aromatic N) is 1. The van der Waals surface area contributed by atoms with E-state index in [0.29, 0.717) is 10.2 Å². The van der Waals surface area contributed by atoms with Crippen molar-refractivity contribution >= 4 is 49.4 Å². The molecule has 2 N–H and O–H groups in total. The third-order valence-electron chi connectivity index (χ3n) is 2.42. The van der Waals surface area contributed by atoms with Crippen LogP contribution >= 0.6 is 31.9 Å². The summed E-state index contributed by atoms with van der Waals surface area (Å²) in [5, 5.41) is 11.5. The van der Waals surface area contributed by atoms with E-state index in [4.69, 9.17) is 5.11 Å². The molecule has 0 bridgehead atoms. The number of carboxylic acids is 1. The normalized spacial score (nSPS) is 10.1. The Balaban J connectivity index is 2.24. The van der Waals surface area contributed by atoms with Gasteiger partial charge < -0.3 is 10.4 Å². The number of nitrogens with one attached hydrogen (secondary N) is 1. The van der Waals surface area contributed by atoms with Gasteiger partial charge in [-0.2, -0.15) is 0 Å². The first-order valence-corrected chi connectivity index (χ1v) is 7.02. The van der Waals surface area contributed by atoms with Gasteiger partial charge in [-0.15, -0.1) is 0 Å². The molecule has 102 valence electrons. The molecular weight excluding hydrogens is 392 g/mol. The van der Waals surface area contributed by atoms with Crippen molar-refractivity contribution in [1.82, 2.24) is 4.98 Å². The predicted molar refractivity (Wildman–Crippen MR) is 81.0 cm³/mol. The molecule has 0 radical (unpaired) electrons. The number of hydrogen-bond acceptors (Lipinski definition) is 3. The summed E-state index contributed by atoms with van der Waals surface area (Å²) in [4.78, 5) is 26.5. The molecule has 0 aliphatic rings. The zero-order chi connectivity index (χ0) is 14.7. The Bertz CT molecular complexity index is 689. The lowest BCUT2D eigenvalue weighted by Crippen LogP contribution is -2.13. The molecule has 0 atom stereocenters. The van der Waals surface area contributed by atoms with Crippen molar-refractivity contribution in [3.8, 4) is 0 Å². The Morgan fingerprint density at radius 3 is 2.55 bits per heavy atom. The number of carbonyl (C=O) groups excluding carboxylic acids is 1. The number of aromatic carboxylic acids is 1. The van der Waals surface area contributed by atoms with Crippen LogP contribution < -0.4 is 5.32 Å². The third kappa shape index (κ3) is 3.43. The molecule has 7 heteroatoms. The zero-order valence-corrected chi connectivity index (χ0v) is 13.1. The number of aromatic nitrogens is 1. The highest BCUT2D eigenvalue weighted by atomic mass is 79.9. The number of pyridine rings is 1. The van der Waals surface area contributed by atoms with Crippen LogP contribution in [0, 0.1) is 0 Å². The van der Waals surface area contributed by atoms with E-state index in [1.807, 2.05) is 0 Å².